The Morgan fingerprint density at radius 2 is 2.14 bits per heavy atom. The Morgan fingerprint density at radius 1 is 1.43 bits per heavy atom. The molecular formula is C15H23N5O. The maximum Gasteiger partial charge on any atom is 0.252 e. The number of fused-ring (bicyclic) bond motifs is 1. The highest BCUT2D eigenvalue weighted by atomic mass is 16.1. The third-order valence-electron chi connectivity index (χ3n) is 3.44. The SMILES string of the molecule is Cc1cc(C(=O)NCC(C)CN)c2cnn(C(C)C)c2n1. The van der Waals surface area contributed by atoms with Gasteiger partial charge in [-0.15, -0.1) is 0 Å². The number of aryl methyl sites for hydroxylation is 1. The maximum absolute atomic E-state index is 12.4. The van der Waals surface area contributed by atoms with E-state index in [1.807, 2.05) is 32.4 Å². The van der Waals surface area contributed by atoms with Gasteiger partial charge in [-0.2, -0.15) is 5.10 Å². The number of nitrogens with one attached hydrogen (secondary N) is 1. The minimum Gasteiger partial charge on any atom is -0.352 e. The van der Waals surface area contributed by atoms with E-state index in [2.05, 4.69) is 15.4 Å². The number of amides is 1. The first kappa shape index (κ1) is 15.4. The third kappa shape index (κ3) is 3.21. The van der Waals surface area contributed by atoms with Gasteiger partial charge in [0, 0.05) is 18.3 Å². The Balaban J connectivity index is 2.37. The van der Waals surface area contributed by atoms with Crippen LogP contribution >= 0.6 is 0 Å². The summed E-state index contributed by atoms with van der Waals surface area (Å²) in [5.41, 5.74) is 7.75. The molecule has 0 radical (unpaired) electrons. The first-order chi connectivity index (χ1) is 9.93. The fourth-order valence-corrected chi connectivity index (χ4v) is 2.15. The van der Waals surface area contributed by atoms with Crippen molar-refractivity contribution in [2.75, 3.05) is 13.1 Å². The van der Waals surface area contributed by atoms with Gasteiger partial charge in [-0.1, -0.05) is 6.92 Å². The molecule has 0 bridgehead atoms. The molecule has 0 saturated heterocycles. The fraction of sp³-hybridized carbons (Fsp3) is 0.533. The van der Waals surface area contributed by atoms with Crippen molar-refractivity contribution in [2.45, 2.75) is 33.7 Å². The molecule has 0 aromatic carbocycles. The van der Waals surface area contributed by atoms with E-state index in [0.717, 1.165) is 16.7 Å². The average Bonchev–Trinajstić information content (AvgIpc) is 2.86. The van der Waals surface area contributed by atoms with Crippen LogP contribution in [0.4, 0.5) is 0 Å². The van der Waals surface area contributed by atoms with Crippen molar-refractivity contribution in [1.29, 1.82) is 0 Å². The zero-order valence-corrected chi connectivity index (χ0v) is 13.1. The average molecular weight is 289 g/mol. The van der Waals surface area contributed by atoms with Crippen molar-refractivity contribution in [3.8, 4) is 0 Å². The molecule has 6 heteroatoms. The predicted molar refractivity (Wildman–Crippen MR) is 83.2 cm³/mol. The maximum atomic E-state index is 12.4. The van der Waals surface area contributed by atoms with E-state index in [4.69, 9.17) is 5.73 Å². The largest absolute Gasteiger partial charge is 0.352 e. The van der Waals surface area contributed by atoms with Gasteiger partial charge in [0.15, 0.2) is 5.65 Å². The van der Waals surface area contributed by atoms with Gasteiger partial charge in [-0.3, -0.25) is 4.79 Å². The van der Waals surface area contributed by atoms with Gasteiger partial charge < -0.3 is 11.1 Å². The van der Waals surface area contributed by atoms with Crippen LogP contribution in [0.15, 0.2) is 12.3 Å². The normalized spacial score (nSPS) is 12.9. The second-order valence-corrected chi connectivity index (χ2v) is 5.78. The molecule has 3 N–H and O–H groups in total. The smallest absolute Gasteiger partial charge is 0.252 e. The van der Waals surface area contributed by atoms with Crippen LogP contribution in [-0.2, 0) is 0 Å². The zero-order chi connectivity index (χ0) is 15.6. The van der Waals surface area contributed by atoms with Gasteiger partial charge in [0.2, 0.25) is 0 Å². The van der Waals surface area contributed by atoms with Gasteiger partial charge in [-0.05, 0) is 39.3 Å². The highest BCUT2D eigenvalue weighted by Crippen LogP contribution is 2.20. The number of carbonyl (C=O) groups excluding carboxylic acids is 1. The number of nitrogens with two attached hydrogens (primary N) is 1. The molecule has 0 aliphatic heterocycles. The second-order valence-electron chi connectivity index (χ2n) is 5.78. The first-order valence-electron chi connectivity index (χ1n) is 7.27. The Hall–Kier alpha value is -1.95. The molecule has 0 spiro atoms. The zero-order valence-electron chi connectivity index (χ0n) is 13.1. The van der Waals surface area contributed by atoms with Crippen molar-refractivity contribution in [3.05, 3.63) is 23.5 Å². The number of pyridine rings is 1. The van der Waals surface area contributed by atoms with Crippen LogP contribution in [0.1, 0.15) is 42.9 Å². The molecular weight excluding hydrogens is 266 g/mol. The summed E-state index contributed by atoms with van der Waals surface area (Å²) in [6.07, 6.45) is 1.71. The lowest BCUT2D eigenvalue weighted by Gasteiger charge is -2.11. The van der Waals surface area contributed by atoms with Crippen molar-refractivity contribution in [3.63, 3.8) is 0 Å². The highest BCUT2D eigenvalue weighted by Gasteiger charge is 2.17. The lowest BCUT2D eigenvalue weighted by molar-refractivity contribution is 0.0950. The second kappa shape index (κ2) is 6.22. The van der Waals surface area contributed by atoms with Gasteiger partial charge in [0.1, 0.15) is 0 Å². The molecule has 0 aliphatic carbocycles. The standard InChI is InChI=1S/C15H23N5O/c1-9(2)20-14-13(8-18-20)12(5-11(4)19-14)15(21)17-7-10(3)6-16/h5,8-10H,6-7,16H2,1-4H3,(H,17,21). The van der Waals surface area contributed by atoms with Gasteiger partial charge in [0.05, 0.1) is 17.1 Å². The Kier molecular flexibility index (Phi) is 4.57. The van der Waals surface area contributed by atoms with E-state index in [0.29, 0.717) is 18.7 Å². The van der Waals surface area contributed by atoms with Gasteiger partial charge in [0.25, 0.3) is 5.91 Å². The summed E-state index contributed by atoms with van der Waals surface area (Å²) in [6, 6.07) is 2.00. The minimum absolute atomic E-state index is 0.103. The molecule has 2 aromatic rings. The summed E-state index contributed by atoms with van der Waals surface area (Å²) in [4.78, 5) is 16.9. The van der Waals surface area contributed by atoms with E-state index in [1.54, 1.807) is 12.3 Å². The molecule has 1 atom stereocenters. The highest BCUT2D eigenvalue weighted by molar-refractivity contribution is 6.05. The van der Waals surface area contributed by atoms with E-state index in [1.165, 1.54) is 0 Å². The number of aromatic nitrogens is 3. The number of carbonyl (C=O) groups is 1. The number of hydrogen-bond acceptors (Lipinski definition) is 4. The summed E-state index contributed by atoms with van der Waals surface area (Å²) in [7, 11) is 0. The summed E-state index contributed by atoms with van der Waals surface area (Å²) >= 11 is 0. The summed E-state index contributed by atoms with van der Waals surface area (Å²) in [5, 5.41) is 8.05. The molecule has 2 aromatic heterocycles. The topological polar surface area (TPSA) is 85.8 Å². The molecule has 21 heavy (non-hydrogen) atoms. The molecule has 0 aliphatic rings. The summed E-state index contributed by atoms with van der Waals surface area (Å²) < 4.78 is 1.83. The predicted octanol–water partition coefficient (Wildman–Crippen LogP) is 1.65. The van der Waals surface area contributed by atoms with Crippen molar-refractivity contribution in [2.24, 2.45) is 11.7 Å². The van der Waals surface area contributed by atoms with Crippen LogP contribution in [0, 0.1) is 12.8 Å². The van der Waals surface area contributed by atoms with Gasteiger partial charge >= 0.3 is 0 Å². The molecule has 1 amide bonds. The number of rotatable bonds is 5. The Morgan fingerprint density at radius 3 is 2.76 bits per heavy atom. The van der Waals surface area contributed by atoms with Crippen LogP contribution in [-0.4, -0.2) is 33.8 Å². The van der Waals surface area contributed by atoms with E-state index >= 15 is 0 Å². The summed E-state index contributed by atoms with van der Waals surface area (Å²) in [6.45, 7) is 9.09. The van der Waals surface area contributed by atoms with Crippen molar-refractivity contribution >= 4 is 16.9 Å². The lowest BCUT2D eigenvalue weighted by Crippen LogP contribution is -2.31. The first-order valence-corrected chi connectivity index (χ1v) is 7.27. The molecule has 0 fully saturated rings. The Bertz CT molecular complexity index is 647. The number of nitrogens with zero attached hydrogens (tertiary/aromatic N) is 3. The minimum atomic E-state index is -0.103. The lowest BCUT2D eigenvalue weighted by atomic mass is 10.1. The quantitative estimate of drug-likeness (QED) is 0.876. The third-order valence-corrected chi connectivity index (χ3v) is 3.44. The molecule has 2 heterocycles. The van der Waals surface area contributed by atoms with E-state index in [-0.39, 0.29) is 17.9 Å². The van der Waals surface area contributed by atoms with Crippen LogP contribution in [0.2, 0.25) is 0 Å². The van der Waals surface area contributed by atoms with Crippen molar-refractivity contribution in [1.82, 2.24) is 20.1 Å². The Labute approximate surface area is 124 Å². The summed E-state index contributed by atoms with van der Waals surface area (Å²) in [5.74, 6) is 0.153. The van der Waals surface area contributed by atoms with Gasteiger partial charge in [-0.25, -0.2) is 9.67 Å². The molecule has 6 nitrogen and oxygen atoms in total. The van der Waals surface area contributed by atoms with Crippen LogP contribution in [0.3, 0.4) is 0 Å². The van der Waals surface area contributed by atoms with Crippen LogP contribution < -0.4 is 11.1 Å². The van der Waals surface area contributed by atoms with Crippen LogP contribution in [0.5, 0.6) is 0 Å². The van der Waals surface area contributed by atoms with E-state index in [9.17, 15) is 4.79 Å². The van der Waals surface area contributed by atoms with Crippen molar-refractivity contribution < 1.29 is 4.79 Å². The monoisotopic (exact) mass is 289 g/mol. The van der Waals surface area contributed by atoms with E-state index < -0.39 is 0 Å². The van der Waals surface area contributed by atoms with Crippen LogP contribution in [0.25, 0.3) is 11.0 Å². The number of hydrogen-bond donors (Lipinski definition) is 2. The fourth-order valence-electron chi connectivity index (χ4n) is 2.15. The molecule has 1 unspecified atom stereocenters. The molecule has 2 rings (SSSR count). The molecule has 0 saturated carbocycles. The molecule has 114 valence electrons.